The molecule has 2 aromatic rings. The average Bonchev–Trinajstić information content (AvgIpc) is 3.14. The second-order valence-electron chi connectivity index (χ2n) is 7.29. The quantitative estimate of drug-likeness (QED) is 0.634. The molecule has 0 aliphatic carbocycles. The lowest BCUT2D eigenvalue weighted by Crippen LogP contribution is -2.36. The van der Waals surface area contributed by atoms with Crippen LogP contribution in [0.5, 0.6) is 11.5 Å². The summed E-state index contributed by atoms with van der Waals surface area (Å²) in [6.07, 6.45) is 2.37. The third kappa shape index (κ3) is 4.33. The zero-order valence-electron chi connectivity index (χ0n) is 17.2. The molecule has 1 aliphatic heterocycles. The van der Waals surface area contributed by atoms with Crippen molar-refractivity contribution in [2.24, 2.45) is 0 Å². The smallest absolute Gasteiger partial charge is 0.176 e. The van der Waals surface area contributed by atoms with Crippen LogP contribution in [0.4, 0.5) is 0 Å². The number of hydrogen-bond donors (Lipinski definition) is 0. The Morgan fingerprint density at radius 1 is 0.828 bits per heavy atom. The molecule has 0 unspecified atom stereocenters. The minimum absolute atomic E-state index is 0.395. The van der Waals surface area contributed by atoms with E-state index in [2.05, 4.69) is 0 Å². The molecule has 0 saturated carbocycles. The molecule has 2 aromatic carbocycles. The fourth-order valence-corrected chi connectivity index (χ4v) is 4.04. The van der Waals surface area contributed by atoms with Gasteiger partial charge < -0.3 is 18.9 Å². The van der Waals surface area contributed by atoms with Crippen LogP contribution >= 0.6 is 0 Å². The molecule has 1 aliphatic rings. The number of carbonyl (C=O) groups is 2. The lowest BCUT2D eigenvalue weighted by Gasteiger charge is -2.29. The molecular weight excluding hydrogens is 372 g/mol. The zero-order chi connectivity index (χ0) is 21.0. The van der Waals surface area contributed by atoms with Crippen LogP contribution in [0.2, 0.25) is 0 Å². The minimum atomic E-state index is -0.942. The molecular formula is C23H26O6. The van der Waals surface area contributed by atoms with Gasteiger partial charge in [-0.2, -0.15) is 0 Å². The van der Waals surface area contributed by atoms with Crippen LogP contribution in [0.15, 0.2) is 24.3 Å². The van der Waals surface area contributed by atoms with E-state index < -0.39 is 5.79 Å². The maximum Gasteiger partial charge on any atom is 0.176 e. The molecule has 6 heteroatoms. The number of carbonyl (C=O) groups excluding carboxylic acids is 2. The molecule has 3 rings (SSSR count). The minimum Gasteiger partial charge on any atom is -0.496 e. The van der Waals surface area contributed by atoms with E-state index in [0.717, 1.165) is 34.8 Å². The fraction of sp³-hybridized carbons (Fsp3) is 0.391. The highest BCUT2D eigenvalue weighted by Crippen LogP contribution is 2.37. The highest BCUT2D eigenvalue weighted by Gasteiger charge is 2.39. The molecule has 0 radical (unpaired) electrons. The van der Waals surface area contributed by atoms with Crippen LogP contribution in [0, 0.1) is 13.8 Å². The third-order valence-electron chi connectivity index (χ3n) is 5.07. The van der Waals surface area contributed by atoms with E-state index in [1.165, 1.54) is 0 Å². The topological polar surface area (TPSA) is 71.1 Å². The summed E-state index contributed by atoms with van der Waals surface area (Å²) in [6.45, 7) is 4.78. The summed E-state index contributed by atoms with van der Waals surface area (Å²) in [5.41, 5.74) is 4.55. The SMILES string of the molecule is COc1c(C=O)cc(C)cc1CC1(Cc2cc(C)cc(C=O)c2OC)OCCO1. The van der Waals surface area contributed by atoms with E-state index in [1.54, 1.807) is 26.4 Å². The van der Waals surface area contributed by atoms with E-state index in [-0.39, 0.29) is 0 Å². The molecule has 0 N–H and O–H groups in total. The van der Waals surface area contributed by atoms with Gasteiger partial charge in [-0.25, -0.2) is 0 Å². The van der Waals surface area contributed by atoms with Crippen molar-refractivity contribution in [1.82, 2.24) is 0 Å². The van der Waals surface area contributed by atoms with Gasteiger partial charge in [0, 0.05) is 24.0 Å². The number of benzene rings is 2. The Morgan fingerprint density at radius 3 is 1.59 bits per heavy atom. The van der Waals surface area contributed by atoms with Crippen molar-refractivity contribution in [3.05, 3.63) is 57.6 Å². The maximum atomic E-state index is 11.5. The van der Waals surface area contributed by atoms with E-state index in [9.17, 15) is 9.59 Å². The first-order valence-electron chi connectivity index (χ1n) is 9.48. The zero-order valence-corrected chi connectivity index (χ0v) is 17.2. The number of aryl methyl sites for hydroxylation is 2. The van der Waals surface area contributed by atoms with Crippen molar-refractivity contribution in [3.8, 4) is 11.5 Å². The number of aldehydes is 2. The fourth-order valence-electron chi connectivity index (χ4n) is 4.04. The summed E-state index contributed by atoms with van der Waals surface area (Å²) in [4.78, 5) is 23.0. The van der Waals surface area contributed by atoms with Crippen molar-refractivity contribution >= 4 is 12.6 Å². The highest BCUT2D eigenvalue weighted by molar-refractivity contribution is 5.81. The molecule has 1 fully saturated rings. The van der Waals surface area contributed by atoms with Crippen molar-refractivity contribution in [2.75, 3.05) is 27.4 Å². The monoisotopic (exact) mass is 398 g/mol. The summed E-state index contributed by atoms with van der Waals surface area (Å²) in [6, 6.07) is 7.53. The molecule has 1 saturated heterocycles. The van der Waals surface area contributed by atoms with E-state index in [0.29, 0.717) is 48.7 Å². The van der Waals surface area contributed by atoms with Crippen LogP contribution in [0.25, 0.3) is 0 Å². The first-order valence-corrected chi connectivity index (χ1v) is 9.48. The summed E-state index contributed by atoms with van der Waals surface area (Å²) >= 11 is 0. The van der Waals surface area contributed by atoms with Crippen molar-refractivity contribution in [3.63, 3.8) is 0 Å². The second kappa shape index (κ2) is 8.76. The third-order valence-corrected chi connectivity index (χ3v) is 5.07. The summed E-state index contributed by atoms with van der Waals surface area (Å²) in [5.74, 6) is 0.102. The lowest BCUT2D eigenvalue weighted by atomic mass is 9.92. The van der Waals surface area contributed by atoms with Gasteiger partial charge in [-0.1, -0.05) is 12.1 Å². The Labute approximate surface area is 170 Å². The van der Waals surface area contributed by atoms with Gasteiger partial charge in [-0.15, -0.1) is 0 Å². The van der Waals surface area contributed by atoms with Crippen LogP contribution in [-0.4, -0.2) is 45.8 Å². The molecule has 1 heterocycles. The van der Waals surface area contributed by atoms with Gasteiger partial charge in [0.15, 0.2) is 18.4 Å². The first-order chi connectivity index (χ1) is 13.9. The van der Waals surface area contributed by atoms with Gasteiger partial charge in [0.05, 0.1) is 38.6 Å². The van der Waals surface area contributed by atoms with Crippen LogP contribution in [-0.2, 0) is 22.3 Å². The van der Waals surface area contributed by atoms with Crippen molar-refractivity contribution < 1.29 is 28.5 Å². The van der Waals surface area contributed by atoms with Gasteiger partial charge in [0.25, 0.3) is 0 Å². The number of hydrogen-bond acceptors (Lipinski definition) is 6. The van der Waals surface area contributed by atoms with Crippen LogP contribution in [0.3, 0.4) is 0 Å². The van der Waals surface area contributed by atoms with Crippen molar-refractivity contribution in [2.45, 2.75) is 32.5 Å². The summed E-state index contributed by atoms with van der Waals surface area (Å²) in [5, 5.41) is 0. The Hall–Kier alpha value is -2.70. The Kier molecular flexibility index (Phi) is 6.35. The normalized spacial score (nSPS) is 15.2. The first kappa shape index (κ1) is 21.0. The lowest BCUT2D eigenvalue weighted by molar-refractivity contribution is -0.155. The van der Waals surface area contributed by atoms with Gasteiger partial charge in [0.1, 0.15) is 11.5 Å². The standard InChI is InChI=1S/C23H26O6/c1-15-7-17(21(26-3)19(9-15)13-24)11-23(28-5-6-29-23)12-18-8-16(2)10-20(14-25)22(18)27-4/h7-10,13-14H,5-6,11-12H2,1-4H3. The predicted octanol–water partition coefficient (Wildman–Crippen LogP) is 3.47. The van der Waals surface area contributed by atoms with E-state index in [1.807, 2.05) is 26.0 Å². The van der Waals surface area contributed by atoms with Crippen LogP contribution in [0.1, 0.15) is 43.0 Å². The molecule has 0 bridgehead atoms. The number of ether oxygens (including phenoxy) is 4. The molecule has 0 aromatic heterocycles. The number of methoxy groups -OCH3 is 2. The van der Waals surface area contributed by atoms with Crippen LogP contribution < -0.4 is 9.47 Å². The molecule has 0 amide bonds. The Morgan fingerprint density at radius 2 is 1.24 bits per heavy atom. The molecule has 6 nitrogen and oxygen atoms in total. The Bertz CT molecular complexity index is 843. The predicted molar refractivity (Wildman–Crippen MR) is 108 cm³/mol. The van der Waals surface area contributed by atoms with Gasteiger partial charge in [0.2, 0.25) is 0 Å². The van der Waals surface area contributed by atoms with Gasteiger partial charge in [-0.05, 0) is 37.1 Å². The molecule has 0 spiro atoms. The summed E-state index contributed by atoms with van der Waals surface area (Å²) in [7, 11) is 3.09. The van der Waals surface area contributed by atoms with E-state index >= 15 is 0 Å². The molecule has 0 atom stereocenters. The summed E-state index contributed by atoms with van der Waals surface area (Å²) < 4.78 is 23.2. The Balaban J connectivity index is 2.04. The van der Waals surface area contributed by atoms with Gasteiger partial charge in [-0.3, -0.25) is 9.59 Å². The van der Waals surface area contributed by atoms with E-state index in [4.69, 9.17) is 18.9 Å². The molecule has 154 valence electrons. The second-order valence-corrected chi connectivity index (χ2v) is 7.29. The largest absolute Gasteiger partial charge is 0.496 e. The maximum absolute atomic E-state index is 11.5. The molecule has 29 heavy (non-hydrogen) atoms. The average molecular weight is 398 g/mol. The highest BCUT2D eigenvalue weighted by atomic mass is 16.7. The van der Waals surface area contributed by atoms with Crippen molar-refractivity contribution in [1.29, 1.82) is 0 Å². The number of rotatable bonds is 8. The van der Waals surface area contributed by atoms with Gasteiger partial charge >= 0.3 is 0 Å².